The third-order valence-electron chi connectivity index (χ3n) is 2.75. The van der Waals surface area contributed by atoms with Gasteiger partial charge in [0, 0.05) is 18.8 Å². The molecule has 0 bridgehead atoms. The molecule has 1 aliphatic heterocycles. The second-order valence-corrected chi connectivity index (χ2v) is 3.88. The zero-order valence-corrected chi connectivity index (χ0v) is 10.3. The van der Waals surface area contributed by atoms with Crippen LogP contribution in [0.5, 0.6) is 0 Å². The molecule has 0 aliphatic carbocycles. The van der Waals surface area contributed by atoms with Crippen LogP contribution in [0.1, 0.15) is 39.2 Å². The molecular formula is C13H22N2. The minimum absolute atomic E-state index is 0.661. The molecule has 0 aromatic carbocycles. The summed E-state index contributed by atoms with van der Waals surface area (Å²) in [7, 11) is 0. The summed E-state index contributed by atoms with van der Waals surface area (Å²) in [6.45, 7) is 9.56. The second kappa shape index (κ2) is 5.74. The predicted octanol–water partition coefficient (Wildman–Crippen LogP) is 3.40. The van der Waals surface area contributed by atoms with Gasteiger partial charge in [-0.1, -0.05) is 13.8 Å². The maximum atomic E-state index is 4.40. The van der Waals surface area contributed by atoms with Crippen LogP contribution in [0.2, 0.25) is 0 Å². The Hall–Kier alpha value is -1.05. The van der Waals surface area contributed by atoms with E-state index < -0.39 is 0 Å². The summed E-state index contributed by atoms with van der Waals surface area (Å²) in [5.41, 5.74) is 1.30. The number of hydrogen-bond donors (Lipinski definition) is 0. The van der Waals surface area contributed by atoms with E-state index in [0.29, 0.717) is 6.04 Å². The highest BCUT2D eigenvalue weighted by Crippen LogP contribution is 2.23. The van der Waals surface area contributed by atoms with E-state index in [9.17, 15) is 0 Å². The van der Waals surface area contributed by atoms with E-state index in [-0.39, 0.29) is 0 Å². The maximum Gasteiger partial charge on any atom is 0.128 e. The number of pyridine rings is 1. The van der Waals surface area contributed by atoms with Crippen LogP contribution in [0.4, 0.5) is 5.82 Å². The van der Waals surface area contributed by atoms with Gasteiger partial charge in [-0.25, -0.2) is 4.98 Å². The van der Waals surface area contributed by atoms with Gasteiger partial charge in [-0.15, -0.1) is 0 Å². The van der Waals surface area contributed by atoms with Crippen molar-refractivity contribution in [2.75, 3.05) is 11.4 Å². The van der Waals surface area contributed by atoms with Gasteiger partial charge in [0.25, 0.3) is 0 Å². The normalized spacial score (nSPS) is 19.7. The van der Waals surface area contributed by atoms with Crippen molar-refractivity contribution in [3.8, 4) is 0 Å². The summed E-state index contributed by atoms with van der Waals surface area (Å²) < 4.78 is 0. The molecular weight excluding hydrogens is 184 g/mol. The fourth-order valence-corrected chi connectivity index (χ4v) is 1.95. The molecule has 2 heteroatoms. The molecule has 84 valence electrons. The number of hydrogen-bond acceptors (Lipinski definition) is 2. The Morgan fingerprint density at radius 2 is 2.13 bits per heavy atom. The summed E-state index contributed by atoms with van der Waals surface area (Å²) in [5.74, 6) is 1.14. The topological polar surface area (TPSA) is 16.1 Å². The van der Waals surface area contributed by atoms with Gasteiger partial charge in [0.15, 0.2) is 0 Å². The molecule has 15 heavy (non-hydrogen) atoms. The molecule has 1 atom stereocenters. The Balaban J connectivity index is 0.000000531. The van der Waals surface area contributed by atoms with Gasteiger partial charge in [-0.05, 0) is 44.4 Å². The number of rotatable bonds is 1. The van der Waals surface area contributed by atoms with Crippen molar-refractivity contribution < 1.29 is 0 Å². The molecule has 1 aliphatic rings. The molecule has 2 rings (SSSR count). The average molecular weight is 206 g/mol. The van der Waals surface area contributed by atoms with Crippen LogP contribution in [-0.2, 0) is 0 Å². The SMILES string of the molecule is CC.Cc1ccnc(N2CCCC2C)c1. The lowest BCUT2D eigenvalue weighted by Crippen LogP contribution is -2.27. The van der Waals surface area contributed by atoms with Gasteiger partial charge >= 0.3 is 0 Å². The summed E-state index contributed by atoms with van der Waals surface area (Å²) in [6.07, 6.45) is 4.50. The van der Waals surface area contributed by atoms with Crippen molar-refractivity contribution in [2.45, 2.75) is 46.6 Å². The smallest absolute Gasteiger partial charge is 0.128 e. The molecule has 0 amide bonds. The van der Waals surface area contributed by atoms with Gasteiger partial charge in [0.05, 0.1) is 0 Å². The quantitative estimate of drug-likeness (QED) is 0.700. The van der Waals surface area contributed by atoms with Gasteiger partial charge < -0.3 is 4.90 Å². The predicted molar refractivity (Wildman–Crippen MR) is 66.4 cm³/mol. The Morgan fingerprint density at radius 3 is 2.67 bits per heavy atom. The van der Waals surface area contributed by atoms with Crippen molar-refractivity contribution in [3.05, 3.63) is 23.9 Å². The molecule has 1 saturated heterocycles. The van der Waals surface area contributed by atoms with Gasteiger partial charge in [-0.2, -0.15) is 0 Å². The Bertz CT molecular complexity index is 296. The van der Waals surface area contributed by atoms with Crippen molar-refractivity contribution in [3.63, 3.8) is 0 Å². The molecule has 0 saturated carbocycles. The lowest BCUT2D eigenvalue weighted by molar-refractivity contribution is 0.727. The first kappa shape index (κ1) is 12.0. The molecule has 2 nitrogen and oxygen atoms in total. The zero-order chi connectivity index (χ0) is 11.3. The van der Waals surface area contributed by atoms with Crippen molar-refractivity contribution in [1.82, 2.24) is 4.98 Å². The fourth-order valence-electron chi connectivity index (χ4n) is 1.95. The molecule has 1 unspecified atom stereocenters. The highest BCUT2D eigenvalue weighted by atomic mass is 15.2. The first-order valence-electron chi connectivity index (χ1n) is 5.96. The van der Waals surface area contributed by atoms with Crippen LogP contribution in [0.3, 0.4) is 0 Å². The highest BCUT2D eigenvalue weighted by molar-refractivity contribution is 5.42. The third-order valence-corrected chi connectivity index (χ3v) is 2.75. The minimum Gasteiger partial charge on any atom is -0.354 e. The lowest BCUT2D eigenvalue weighted by Gasteiger charge is -2.22. The number of nitrogens with zero attached hydrogens (tertiary/aromatic N) is 2. The minimum atomic E-state index is 0.661. The molecule has 1 fully saturated rings. The van der Waals surface area contributed by atoms with Gasteiger partial charge in [0.1, 0.15) is 5.82 Å². The van der Waals surface area contributed by atoms with Crippen LogP contribution in [0, 0.1) is 6.92 Å². The van der Waals surface area contributed by atoms with Crippen molar-refractivity contribution in [2.24, 2.45) is 0 Å². The van der Waals surface area contributed by atoms with Gasteiger partial charge in [0.2, 0.25) is 0 Å². The number of aryl methyl sites for hydroxylation is 1. The van der Waals surface area contributed by atoms with E-state index in [0.717, 1.165) is 12.4 Å². The van der Waals surface area contributed by atoms with Crippen LogP contribution in [0.25, 0.3) is 0 Å². The summed E-state index contributed by atoms with van der Waals surface area (Å²) >= 11 is 0. The Morgan fingerprint density at radius 1 is 1.40 bits per heavy atom. The lowest BCUT2D eigenvalue weighted by atomic mass is 10.2. The first-order chi connectivity index (χ1) is 7.27. The van der Waals surface area contributed by atoms with Crippen molar-refractivity contribution in [1.29, 1.82) is 0 Å². The highest BCUT2D eigenvalue weighted by Gasteiger charge is 2.20. The van der Waals surface area contributed by atoms with Crippen molar-refractivity contribution >= 4 is 5.82 Å². The Labute approximate surface area is 93.3 Å². The zero-order valence-electron chi connectivity index (χ0n) is 10.3. The van der Waals surface area contributed by atoms with E-state index in [1.165, 1.54) is 18.4 Å². The average Bonchev–Trinajstić information content (AvgIpc) is 2.67. The summed E-state index contributed by atoms with van der Waals surface area (Å²) in [6, 6.07) is 4.88. The Kier molecular flexibility index (Phi) is 4.60. The molecule has 2 heterocycles. The largest absolute Gasteiger partial charge is 0.354 e. The van der Waals surface area contributed by atoms with Crippen LogP contribution in [0.15, 0.2) is 18.3 Å². The van der Waals surface area contributed by atoms with Crippen LogP contribution < -0.4 is 4.90 Å². The third kappa shape index (κ3) is 2.95. The van der Waals surface area contributed by atoms with E-state index in [4.69, 9.17) is 0 Å². The van der Waals surface area contributed by atoms with Gasteiger partial charge in [-0.3, -0.25) is 0 Å². The number of aromatic nitrogens is 1. The number of anilines is 1. The van der Waals surface area contributed by atoms with E-state index in [2.05, 4.69) is 29.8 Å². The standard InChI is InChI=1S/C11H16N2.C2H6/c1-9-5-6-12-11(8-9)13-7-3-4-10(13)2;1-2/h5-6,8,10H,3-4,7H2,1-2H3;1-2H3. The van der Waals surface area contributed by atoms with Crippen LogP contribution >= 0.6 is 0 Å². The monoisotopic (exact) mass is 206 g/mol. The molecule has 0 N–H and O–H groups in total. The first-order valence-corrected chi connectivity index (χ1v) is 5.96. The molecule has 0 radical (unpaired) electrons. The van der Waals surface area contributed by atoms with E-state index >= 15 is 0 Å². The van der Waals surface area contributed by atoms with E-state index in [1.807, 2.05) is 26.1 Å². The molecule has 1 aromatic rings. The summed E-state index contributed by atoms with van der Waals surface area (Å²) in [5, 5.41) is 0. The van der Waals surface area contributed by atoms with Crippen LogP contribution in [-0.4, -0.2) is 17.6 Å². The fraction of sp³-hybridized carbons (Fsp3) is 0.615. The molecule has 1 aromatic heterocycles. The second-order valence-electron chi connectivity index (χ2n) is 3.88. The van der Waals surface area contributed by atoms with E-state index in [1.54, 1.807) is 0 Å². The maximum absolute atomic E-state index is 4.40. The molecule has 0 spiro atoms. The summed E-state index contributed by atoms with van der Waals surface area (Å²) in [4.78, 5) is 6.79.